The van der Waals surface area contributed by atoms with E-state index in [-0.39, 0.29) is 24.3 Å². The summed E-state index contributed by atoms with van der Waals surface area (Å²) >= 11 is 0. The third-order valence-electron chi connectivity index (χ3n) is 2.24. The fourth-order valence-corrected chi connectivity index (χ4v) is 1.12. The van der Waals surface area contributed by atoms with Gasteiger partial charge in [0.1, 0.15) is 0 Å². The summed E-state index contributed by atoms with van der Waals surface area (Å²) in [5.41, 5.74) is -0.433. The SMILES string of the molecule is CNC1(C)OC(=O)CC1C.Cl. The molecule has 0 saturated carbocycles. The van der Waals surface area contributed by atoms with Gasteiger partial charge in [-0.3, -0.25) is 10.1 Å². The summed E-state index contributed by atoms with van der Waals surface area (Å²) in [6, 6.07) is 0. The number of hydrogen-bond acceptors (Lipinski definition) is 3. The summed E-state index contributed by atoms with van der Waals surface area (Å²) in [5, 5.41) is 2.98. The zero-order valence-electron chi connectivity index (χ0n) is 7.01. The smallest absolute Gasteiger partial charge is 0.308 e. The first-order valence-electron chi connectivity index (χ1n) is 3.49. The van der Waals surface area contributed by atoms with Gasteiger partial charge in [-0.25, -0.2) is 0 Å². The van der Waals surface area contributed by atoms with Gasteiger partial charge in [0, 0.05) is 5.92 Å². The number of carbonyl (C=O) groups is 1. The van der Waals surface area contributed by atoms with E-state index < -0.39 is 5.72 Å². The number of ether oxygens (including phenoxy) is 1. The number of rotatable bonds is 1. The Hall–Kier alpha value is -0.280. The number of nitrogens with one attached hydrogen (secondary N) is 1. The molecule has 0 spiro atoms. The molecular weight excluding hydrogens is 166 g/mol. The summed E-state index contributed by atoms with van der Waals surface area (Å²) in [7, 11) is 1.80. The molecule has 2 unspecified atom stereocenters. The maximum Gasteiger partial charge on any atom is 0.308 e. The van der Waals surface area contributed by atoms with E-state index in [1.807, 2.05) is 13.8 Å². The molecule has 1 N–H and O–H groups in total. The van der Waals surface area contributed by atoms with Gasteiger partial charge in [0.15, 0.2) is 5.72 Å². The highest BCUT2D eigenvalue weighted by Crippen LogP contribution is 2.29. The van der Waals surface area contributed by atoms with E-state index in [9.17, 15) is 4.79 Å². The van der Waals surface area contributed by atoms with Crippen LogP contribution in [0.2, 0.25) is 0 Å². The first-order valence-corrected chi connectivity index (χ1v) is 3.49. The maximum absolute atomic E-state index is 10.8. The van der Waals surface area contributed by atoms with Crippen LogP contribution in [0, 0.1) is 5.92 Å². The summed E-state index contributed by atoms with van der Waals surface area (Å²) in [6.45, 7) is 3.89. The van der Waals surface area contributed by atoms with E-state index >= 15 is 0 Å². The highest BCUT2D eigenvalue weighted by atomic mass is 35.5. The van der Waals surface area contributed by atoms with Gasteiger partial charge in [-0.05, 0) is 14.0 Å². The van der Waals surface area contributed by atoms with Crippen LogP contribution in [0.25, 0.3) is 0 Å². The molecule has 2 atom stereocenters. The lowest BCUT2D eigenvalue weighted by Gasteiger charge is -2.25. The van der Waals surface area contributed by atoms with Crippen LogP contribution >= 0.6 is 12.4 Å². The topological polar surface area (TPSA) is 38.3 Å². The zero-order chi connectivity index (χ0) is 7.78. The lowest BCUT2D eigenvalue weighted by Crippen LogP contribution is -2.43. The molecule has 4 heteroatoms. The Labute approximate surface area is 72.9 Å². The summed E-state index contributed by atoms with van der Waals surface area (Å²) in [5.74, 6) is 0.161. The van der Waals surface area contributed by atoms with E-state index in [1.54, 1.807) is 7.05 Å². The second-order valence-corrected chi connectivity index (χ2v) is 2.94. The number of cyclic esters (lactones) is 1. The normalized spacial score (nSPS) is 36.3. The molecule has 1 rings (SSSR count). The van der Waals surface area contributed by atoms with Crippen molar-refractivity contribution in [2.24, 2.45) is 5.92 Å². The third kappa shape index (κ3) is 1.84. The Balaban J connectivity index is 0.000001000. The highest BCUT2D eigenvalue weighted by molar-refractivity contribution is 5.85. The van der Waals surface area contributed by atoms with Gasteiger partial charge in [0.05, 0.1) is 6.42 Å². The summed E-state index contributed by atoms with van der Waals surface area (Å²) in [4.78, 5) is 10.8. The van der Waals surface area contributed by atoms with Crippen molar-refractivity contribution in [2.45, 2.75) is 26.0 Å². The Bertz CT molecular complexity index is 163. The van der Waals surface area contributed by atoms with Gasteiger partial charge in [0.2, 0.25) is 0 Å². The molecule has 1 heterocycles. The summed E-state index contributed by atoms with van der Waals surface area (Å²) < 4.78 is 5.06. The molecule has 0 amide bonds. The molecule has 0 aromatic heterocycles. The van der Waals surface area contributed by atoms with Crippen molar-refractivity contribution in [3.63, 3.8) is 0 Å². The number of esters is 1. The van der Waals surface area contributed by atoms with Crippen LogP contribution in [0.3, 0.4) is 0 Å². The maximum atomic E-state index is 10.8. The molecule has 0 aliphatic carbocycles. The van der Waals surface area contributed by atoms with E-state index in [1.165, 1.54) is 0 Å². The standard InChI is InChI=1S/C7H13NO2.ClH/c1-5-4-6(9)10-7(5,2)8-3;/h5,8H,4H2,1-3H3;1H. The minimum atomic E-state index is -0.433. The van der Waals surface area contributed by atoms with Crippen LogP contribution in [-0.4, -0.2) is 18.7 Å². The van der Waals surface area contributed by atoms with Crippen molar-refractivity contribution in [3.05, 3.63) is 0 Å². The molecular formula is C7H14ClNO2. The number of hydrogen-bond donors (Lipinski definition) is 1. The average molecular weight is 180 g/mol. The molecule has 3 nitrogen and oxygen atoms in total. The first-order chi connectivity index (χ1) is 4.58. The van der Waals surface area contributed by atoms with Crippen LogP contribution in [0.5, 0.6) is 0 Å². The number of halogens is 1. The second kappa shape index (κ2) is 3.41. The molecule has 0 radical (unpaired) electrons. The van der Waals surface area contributed by atoms with E-state index in [0.29, 0.717) is 6.42 Å². The van der Waals surface area contributed by atoms with Gasteiger partial charge in [0.25, 0.3) is 0 Å². The van der Waals surface area contributed by atoms with Crippen LogP contribution < -0.4 is 5.32 Å². The lowest BCUT2D eigenvalue weighted by atomic mass is 9.99. The predicted molar refractivity (Wildman–Crippen MR) is 44.6 cm³/mol. The quantitative estimate of drug-likeness (QED) is 0.609. The van der Waals surface area contributed by atoms with Gasteiger partial charge in [-0.1, -0.05) is 6.92 Å². The van der Waals surface area contributed by atoms with E-state index in [4.69, 9.17) is 4.74 Å². The Morgan fingerprint density at radius 1 is 1.73 bits per heavy atom. The molecule has 0 aromatic carbocycles. The Kier molecular flexibility index (Phi) is 3.32. The van der Waals surface area contributed by atoms with Crippen molar-refractivity contribution in [2.75, 3.05) is 7.05 Å². The average Bonchev–Trinajstić information content (AvgIpc) is 2.09. The van der Waals surface area contributed by atoms with Crippen molar-refractivity contribution < 1.29 is 9.53 Å². The molecule has 66 valence electrons. The number of carbonyl (C=O) groups excluding carboxylic acids is 1. The molecule has 11 heavy (non-hydrogen) atoms. The van der Waals surface area contributed by atoms with Crippen molar-refractivity contribution in [3.8, 4) is 0 Å². The monoisotopic (exact) mass is 179 g/mol. The Morgan fingerprint density at radius 3 is 2.45 bits per heavy atom. The molecule has 1 saturated heterocycles. The minimum Gasteiger partial charge on any atom is -0.444 e. The van der Waals surface area contributed by atoms with Crippen LogP contribution in [0.15, 0.2) is 0 Å². The van der Waals surface area contributed by atoms with Crippen LogP contribution in [0.4, 0.5) is 0 Å². The fourth-order valence-electron chi connectivity index (χ4n) is 1.12. The van der Waals surface area contributed by atoms with Crippen molar-refractivity contribution in [1.82, 2.24) is 5.32 Å². The molecule has 0 bridgehead atoms. The van der Waals surface area contributed by atoms with Crippen molar-refractivity contribution >= 4 is 18.4 Å². The van der Waals surface area contributed by atoms with Crippen LogP contribution in [-0.2, 0) is 9.53 Å². The zero-order valence-corrected chi connectivity index (χ0v) is 7.83. The predicted octanol–water partition coefficient (Wildman–Crippen LogP) is 0.927. The summed E-state index contributed by atoms with van der Waals surface area (Å²) in [6.07, 6.45) is 0.525. The first kappa shape index (κ1) is 10.7. The largest absolute Gasteiger partial charge is 0.444 e. The molecule has 1 aliphatic rings. The van der Waals surface area contributed by atoms with Crippen LogP contribution in [0.1, 0.15) is 20.3 Å². The van der Waals surface area contributed by atoms with Gasteiger partial charge >= 0.3 is 5.97 Å². The fraction of sp³-hybridized carbons (Fsp3) is 0.857. The molecule has 1 aliphatic heterocycles. The third-order valence-corrected chi connectivity index (χ3v) is 2.24. The lowest BCUT2D eigenvalue weighted by molar-refractivity contribution is -0.150. The highest BCUT2D eigenvalue weighted by Gasteiger charge is 2.41. The van der Waals surface area contributed by atoms with Gasteiger partial charge in [-0.15, -0.1) is 12.4 Å². The second-order valence-electron chi connectivity index (χ2n) is 2.94. The van der Waals surface area contributed by atoms with Crippen molar-refractivity contribution in [1.29, 1.82) is 0 Å². The molecule has 0 aromatic rings. The van der Waals surface area contributed by atoms with E-state index in [0.717, 1.165) is 0 Å². The van der Waals surface area contributed by atoms with E-state index in [2.05, 4.69) is 5.32 Å². The van der Waals surface area contributed by atoms with Gasteiger partial charge in [-0.2, -0.15) is 0 Å². The molecule has 1 fully saturated rings. The van der Waals surface area contributed by atoms with Gasteiger partial charge < -0.3 is 4.74 Å². The Morgan fingerprint density at radius 2 is 2.27 bits per heavy atom. The minimum absolute atomic E-state index is 0.